The van der Waals surface area contributed by atoms with Crippen molar-refractivity contribution in [3.05, 3.63) is 35.1 Å². The zero-order chi connectivity index (χ0) is 13.0. The van der Waals surface area contributed by atoms with E-state index >= 15 is 0 Å². The Morgan fingerprint density at radius 2 is 2.33 bits per heavy atom. The van der Waals surface area contributed by atoms with Crippen LogP contribution in [-0.4, -0.2) is 29.7 Å². The van der Waals surface area contributed by atoms with E-state index in [2.05, 4.69) is 4.90 Å². The number of piperidine rings is 1. The number of aliphatic hydroxyl groups excluding tert-OH is 1. The highest BCUT2D eigenvalue weighted by atomic mass is 19.1. The third kappa shape index (κ3) is 3.06. The van der Waals surface area contributed by atoms with Crippen molar-refractivity contribution in [2.24, 2.45) is 5.92 Å². The number of benzene rings is 1. The molecule has 1 N–H and O–H groups in total. The van der Waals surface area contributed by atoms with E-state index in [-0.39, 0.29) is 12.2 Å². The highest BCUT2D eigenvalue weighted by Crippen LogP contribution is 2.19. The van der Waals surface area contributed by atoms with E-state index in [1.165, 1.54) is 6.07 Å². The van der Waals surface area contributed by atoms with Crippen LogP contribution in [0, 0.1) is 23.1 Å². The second-order valence-electron chi connectivity index (χ2n) is 4.85. The molecular formula is C14H17FN2O. The zero-order valence-corrected chi connectivity index (χ0v) is 10.3. The van der Waals surface area contributed by atoms with Crippen LogP contribution in [0.5, 0.6) is 0 Å². The molecule has 18 heavy (non-hydrogen) atoms. The SMILES string of the molecule is N#Cc1cc(CN2CCCC(CO)C2)ccc1F. The van der Waals surface area contributed by atoms with Gasteiger partial charge in [-0.15, -0.1) is 0 Å². The molecule has 1 aliphatic heterocycles. The van der Waals surface area contributed by atoms with Gasteiger partial charge in [-0.2, -0.15) is 5.26 Å². The molecule has 1 fully saturated rings. The third-order valence-corrected chi connectivity index (χ3v) is 3.42. The highest BCUT2D eigenvalue weighted by molar-refractivity contribution is 5.34. The maximum atomic E-state index is 13.2. The average molecular weight is 248 g/mol. The molecule has 96 valence electrons. The molecule has 4 heteroatoms. The van der Waals surface area contributed by atoms with E-state index < -0.39 is 5.82 Å². The van der Waals surface area contributed by atoms with Crippen molar-refractivity contribution in [2.75, 3.05) is 19.7 Å². The lowest BCUT2D eigenvalue weighted by atomic mass is 9.98. The Kier molecular flexibility index (Phi) is 4.29. The second-order valence-corrected chi connectivity index (χ2v) is 4.85. The van der Waals surface area contributed by atoms with Gasteiger partial charge in [0.15, 0.2) is 0 Å². The molecule has 3 nitrogen and oxygen atoms in total. The summed E-state index contributed by atoms with van der Waals surface area (Å²) in [7, 11) is 0. The van der Waals surface area contributed by atoms with Gasteiger partial charge in [0.2, 0.25) is 0 Å². The van der Waals surface area contributed by atoms with Crippen molar-refractivity contribution in [1.29, 1.82) is 5.26 Å². The predicted molar refractivity (Wildman–Crippen MR) is 66.2 cm³/mol. The second kappa shape index (κ2) is 5.94. The highest BCUT2D eigenvalue weighted by Gasteiger charge is 2.19. The molecule has 0 bridgehead atoms. The van der Waals surface area contributed by atoms with Gasteiger partial charge in [0.05, 0.1) is 5.56 Å². The molecule has 2 rings (SSSR count). The maximum Gasteiger partial charge on any atom is 0.140 e. The first-order chi connectivity index (χ1) is 8.72. The summed E-state index contributed by atoms with van der Waals surface area (Å²) in [5.41, 5.74) is 1.05. The fraction of sp³-hybridized carbons (Fsp3) is 0.500. The largest absolute Gasteiger partial charge is 0.396 e. The molecule has 0 saturated carbocycles. The van der Waals surface area contributed by atoms with Gasteiger partial charge >= 0.3 is 0 Å². The Morgan fingerprint density at radius 3 is 3.06 bits per heavy atom. The van der Waals surface area contributed by atoms with Crippen LogP contribution in [0.3, 0.4) is 0 Å². The predicted octanol–water partition coefficient (Wildman–Crippen LogP) is 1.90. The van der Waals surface area contributed by atoms with Crippen LogP contribution in [0.15, 0.2) is 18.2 Å². The molecule has 1 atom stereocenters. The molecule has 0 spiro atoms. The van der Waals surface area contributed by atoms with Gasteiger partial charge in [0, 0.05) is 19.7 Å². The van der Waals surface area contributed by atoms with Crippen molar-refractivity contribution in [3.63, 3.8) is 0 Å². The monoisotopic (exact) mass is 248 g/mol. The number of nitrogens with zero attached hydrogens (tertiary/aromatic N) is 2. The minimum atomic E-state index is -0.465. The summed E-state index contributed by atoms with van der Waals surface area (Å²) < 4.78 is 13.2. The van der Waals surface area contributed by atoms with Crippen LogP contribution >= 0.6 is 0 Å². The van der Waals surface area contributed by atoms with Gasteiger partial charge in [-0.05, 0) is 43.0 Å². The smallest absolute Gasteiger partial charge is 0.140 e. The van der Waals surface area contributed by atoms with E-state index in [9.17, 15) is 9.50 Å². The van der Waals surface area contributed by atoms with Gasteiger partial charge in [0.25, 0.3) is 0 Å². The first-order valence-corrected chi connectivity index (χ1v) is 6.24. The molecule has 1 heterocycles. The van der Waals surface area contributed by atoms with E-state index in [4.69, 9.17) is 5.26 Å². The number of likely N-dealkylation sites (tertiary alicyclic amines) is 1. The van der Waals surface area contributed by atoms with Gasteiger partial charge in [-0.25, -0.2) is 4.39 Å². The summed E-state index contributed by atoms with van der Waals surface area (Å²) in [5.74, 6) is -0.122. The lowest BCUT2D eigenvalue weighted by Gasteiger charge is -2.31. The topological polar surface area (TPSA) is 47.3 Å². The molecule has 1 aromatic rings. The lowest BCUT2D eigenvalue weighted by Crippen LogP contribution is -2.36. The summed E-state index contributed by atoms with van der Waals surface area (Å²) in [4.78, 5) is 2.25. The van der Waals surface area contributed by atoms with E-state index in [1.807, 2.05) is 6.07 Å². The van der Waals surface area contributed by atoms with E-state index in [0.29, 0.717) is 12.5 Å². The summed E-state index contributed by atoms with van der Waals surface area (Å²) >= 11 is 0. The van der Waals surface area contributed by atoms with Gasteiger partial charge in [-0.3, -0.25) is 4.90 Å². The first-order valence-electron chi connectivity index (χ1n) is 6.24. The standard InChI is InChI=1S/C14H17FN2O/c15-14-4-3-11(6-13(14)7-16)8-17-5-1-2-12(9-17)10-18/h3-4,6,12,18H,1-2,5,8-10H2. The van der Waals surface area contributed by atoms with Gasteiger partial charge < -0.3 is 5.11 Å². The quantitative estimate of drug-likeness (QED) is 0.888. The van der Waals surface area contributed by atoms with Crippen molar-refractivity contribution >= 4 is 0 Å². The van der Waals surface area contributed by atoms with Crippen molar-refractivity contribution < 1.29 is 9.50 Å². The zero-order valence-electron chi connectivity index (χ0n) is 10.3. The van der Waals surface area contributed by atoms with Gasteiger partial charge in [-0.1, -0.05) is 6.07 Å². The number of aliphatic hydroxyl groups is 1. The van der Waals surface area contributed by atoms with Crippen molar-refractivity contribution in [1.82, 2.24) is 4.90 Å². The average Bonchev–Trinajstić information content (AvgIpc) is 2.41. The normalized spacial score (nSPS) is 20.6. The fourth-order valence-electron chi connectivity index (χ4n) is 2.46. The fourth-order valence-corrected chi connectivity index (χ4v) is 2.46. The Morgan fingerprint density at radius 1 is 1.50 bits per heavy atom. The number of hydrogen-bond acceptors (Lipinski definition) is 3. The van der Waals surface area contributed by atoms with Crippen molar-refractivity contribution in [3.8, 4) is 6.07 Å². The Labute approximate surface area is 106 Å². The molecule has 1 saturated heterocycles. The van der Waals surface area contributed by atoms with Crippen LogP contribution in [0.2, 0.25) is 0 Å². The van der Waals surface area contributed by atoms with Crippen LogP contribution in [0.1, 0.15) is 24.0 Å². The molecular weight excluding hydrogens is 231 g/mol. The Hall–Kier alpha value is -1.44. The summed E-state index contributed by atoms with van der Waals surface area (Å²) in [6.45, 7) is 2.81. The minimum Gasteiger partial charge on any atom is -0.396 e. The summed E-state index contributed by atoms with van der Waals surface area (Å²) in [5, 5.41) is 18.0. The molecule has 0 amide bonds. The number of hydrogen-bond donors (Lipinski definition) is 1. The van der Waals surface area contributed by atoms with Crippen LogP contribution < -0.4 is 0 Å². The van der Waals surface area contributed by atoms with E-state index in [1.54, 1.807) is 12.1 Å². The Bertz CT molecular complexity index is 456. The number of nitriles is 1. The van der Waals surface area contributed by atoms with E-state index in [0.717, 1.165) is 31.5 Å². The van der Waals surface area contributed by atoms with Crippen LogP contribution in [0.4, 0.5) is 4.39 Å². The van der Waals surface area contributed by atoms with Crippen LogP contribution in [-0.2, 0) is 6.54 Å². The van der Waals surface area contributed by atoms with Crippen molar-refractivity contribution in [2.45, 2.75) is 19.4 Å². The molecule has 1 unspecified atom stereocenters. The molecule has 1 aromatic carbocycles. The first kappa shape index (κ1) is 13.0. The Balaban J connectivity index is 2.03. The molecule has 0 aromatic heterocycles. The number of halogens is 1. The summed E-state index contributed by atoms with van der Waals surface area (Å²) in [6.07, 6.45) is 2.15. The molecule has 0 aliphatic carbocycles. The summed E-state index contributed by atoms with van der Waals surface area (Å²) in [6, 6.07) is 6.54. The third-order valence-electron chi connectivity index (χ3n) is 3.42. The maximum absolute atomic E-state index is 13.2. The van der Waals surface area contributed by atoms with Gasteiger partial charge in [0.1, 0.15) is 11.9 Å². The number of rotatable bonds is 3. The molecule has 1 aliphatic rings. The lowest BCUT2D eigenvalue weighted by molar-refractivity contribution is 0.116. The van der Waals surface area contributed by atoms with Crippen LogP contribution in [0.25, 0.3) is 0 Å². The minimum absolute atomic E-state index is 0.100. The molecule has 0 radical (unpaired) electrons.